The maximum Gasteiger partial charge on any atom is 0.226 e. The number of nitrogens with zero attached hydrogens (tertiary/aromatic N) is 5. The third-order valence-electron chi connectivity index (χ3n) is 13.0. The van der Waals surface area contributed by atoms with E-state index in [9.17, 15) is 24.3 Å². The van der Waals surface area contributed by atoms with Crippen LogP contribution in [0.4, 0.5) is 4.39 Å². The van der Waals surface area contributed by atoms with E-state index >= 15 is 4.39 Å². The molecule has 1 saturated carbocycles. The normalized spacial score (nSPS) is 22.8. The van der Waals surface area contributed by atoms with Crippen molar-refractivity contribution in [2.45, 2.75) is 89.4 Å². The van der Waals surface area contributed by atoms with Crippen molar-refractivity contribution in [1.29, 1.82) is 0 Å². The molecule has 0 unspecified atom stereocenters. The highest BCUT2D eigenvalue weighted by Gasteiger charge is 2.43. The number of benzene rings is 3. The molecular formula is C48H57Cl2FN6O6. The number of fused-ring (bicyclic) bond motifs is 2. The van der Waals surface area contributed by atoms with Gasteiger partial charge in [0.05, 0.1) is 49.1 Å². The van der Waals surface area contributed by atoms with Crippen LogP contribution in [0, 0.1) is 23.6 Å². The average molecular weight is 904 g/mol. The minimum atomic E-state index is -1.16. The number of carbonyl (C=O) groups excluding carboxylic acids is 4. The first kappa shape index (κ1) is 46.2. The highest BCUT2D eigenvalue weighted by atomic mass is 35.5. The average Bonchev–Trinajstić information content (AvgIpc) is 3.58. The Morgan fingerprint density at radius 3 is 2.37 bits per heavy atom. The number of ketones is 1. The predicted octanol–water partition coefficient (Wildman–Crippen LogP) is 7.60. The fourth-order valence-corrected chi connectivity index (χ4v) is 9.51. The number of ether oxygens (including phenoxy) is 1. The molecule has 2 aliphatic heterocycles. The third-order valence-corrected chi connectivity index (χ3v) is 13.5. The molecule has 0 spiro atoms. The quantitative estimate of drug-likeness (QED) is 0.148. The molecule has 3 fully saturated rings. The van der Waals surface area contributed by atoms with Crippen LogP contribution in [0.15, 0.2) is 66.9 Å². The first-order valence-electron chi connectivity index (χ1n) is 21.8. The monoisotopic (exact) mass is 902 g/mol. The molecule has 1 aliphatic carbocycles. The fraction of sp³-hybridized carbons (Fsp3) is 0.479. The van der Waals surface area contributed by atoms with Crippen molar-refractivity contribution >= 4 is 46.7 Å². The summed E-state index contributed by atoms with van der Waals surface area (Å²) in [5.41, 5.74) is 1.80. The number of amides is 3. The number of halogens is 3. The Hall–Kier alpha value is -4.82. The zero-order chi connectivity index (χ0) is 45.0. The van der Waals surface area contributed by atoms with E-state index < -0.39 is 53.4 Å². The van der Waals surface area contributed by atoms with E-state index in [1.807, 2.05) is 61.1 Å². The van der Waals surface area contributed by atoms with Crippen LogP contribution in [0.25, 0.3) is 11.3 Å². The Kier molecular flexibility index (Phi) is 14.6. The SMILES string of the molecule is C[C@H]1C(=O)C[C@@H](CO)C(=O)N[C@@]2(Cc3ccc(Cl)cc3)CCCN(C2)C(=O)[C@H](CC2CCC2)CC(=O)N1Cc1c(F)cc(Cl)cc1Oc1ccc(-c2cnc(CN(C)C)n2C)cc1. The molecule has 2 bridgehead atoms. The lowest BCUT2D eigenvalue weighted by atomic mass is 9.77. The highest BCUT2D eigenvalue weighted by Crippen LogP contribution is 2.38. The topological polar surface area (TPSA) is 137 Å². The first-order valence-corrected chi connectivity index (χ1v) is 22.6. The lowest BCUT2D eigenvalue weighted by Crippen LogP contribution is -2.63. The van der Waals surface area contributed by atoms with Gasteiger partial charge in [-0.3, -0.25) is 19.2 Å². The summed E-state index contributed by atoms with van der Waals surface area (Å²) in [6.07, 6.45) is 6.24. The van der Waals surface area contributed by atoms with E-state index in [-0.39, 0.29) is 54.1 Å². The molecule has 63 heavy (non-hydrogen) atoms. The molecule has 2 N–H and O–H groups in total. The smallest absolute Gasteiger partial charge is 0.226 e. The summed E-state index contributed by atoms with van der Waals surface area (Å²) >= 11 is 12.6. The van der Waals surface area contributed by atoms with Crippen LogP contribution in [-0.4, -0.2) is 98.2 Å². The number of Topliss-reactive ketones (excluding diaryl/α,β-unsaturated/α-hetero) is 1. The van der Waals surface area contributed by atoms with Crippen LogP contribution in [-0.2, 0) is 45.7 Å². The molecule has 7 rings (SSSR count). The van der Waals surface area contributed by atoms with E-state index in [1.165, 1.54) is 17.9 Å². The molecule has 1 aromatic heterocycles. The van der Waals surface area contributed by atoms with E-state index in [0.29, 0.717) is 49.5 Å². The number of hydrogen-bond donors (Lipinski definition) is 2. The molecule has 4 aromatic rings. The predicted molar refractivity (Wildman–Crippen MR) is 240 cm³/mol. The van der Waals surface area contributed by atoms with Crippen LogP contribution in [0.3, 0.4) is 0 Å². The number of aromatic nitrogens is 2. The van der Waals surface area contributed by atoms with Crippen molar-refractivity contribution in [2.75, 3.05) is 33.8 Å². The zero-order valence-corrected chi connectivity index (χ0v) is 37.9. The molecule has 2 saturated heterocycles. The summed E-state index contributed by atoms with van der Waals surface area (Å²) in [7, 11) is 5.91. The van der Waals surface area contributed by atoms with Crippen LogP contribution in [0.5, 0.6) is 11.5 Å². The largest absolute Gasteiger partial charge is 0.457 e. The van der Waals surface area contributed by atoms with Crippen molar-refractivity contribution in [3.63, 3.8) is 0 Å². The molecule has 4 atom stereocenters. The van der Waals surface area contributed by atoms with Gasteiger partial charge in [0.2, 0.25) is 17.7 Å². The number of aliphatic hydroxyl groups is 1. The molecule has 15 heteroatoms. The van der Waals surface area contributed by atoms with Crippen LogP contribution in [0.1, 0.15) is 75.2 Å². The summed E-state index contributed by atoms with van der Waals surface area (Å²) in [5, 5.41) is 14.4. The van der Waals surface area contributed by atoms with Crippen molar-refractivity contribution in [2.24, 2.45) is 24.8 Å². The van der Waals surface area contributed by atoms with Gasteiger partial charge in [0.25, 0.3) is 0 Å². The van der Waals surface area contributed by atoms with Gasteiger partial charge < -0.3 is 34.4 Å². The Morgan fingerprint density at radius 1 is 0.968 bits per heavy atom. The zero-order valence-electron chi connectivity index (χ0n) is 36.4. The van der Waals surface area contributed by atoms with Gasteiger partial charge >= 0.3 is 0 Å². The molecule has 3 aromatic carbocycles. The van der Waals surface area contributed by atoms with Gasteiger partial charge in [0.15, 0.2) is 5.78 Å². The Morgan fingerprint density at radius 2 is 1.70 bits per heavy atom. The van der Waals surface area contributed by atoms with Crippen molar-refractivity contribution < 1.29 is 33.4 Å². The number of piperidine rings is 1. The van der Waals surface area contributed by atoms with Gasteiger partial charge in [0, 0.05) is 60.1 Å². The lowest BCUT2D eigenvalue weighted by Gasteiger charge is -2.45. The van der Waals surface area contributed by atoms with E-state index in [1.54, 1.807) is 29.2 Å². The van der Waals surface area contributed by atoms with Crippen molar-refractivity contribution in [1.82, 2.24) is 29.6 Å². The summed E-state index contributed by atoms with van der Waals surface area (Å²) in [4.78, 5) is 67.6. The minimum absolute atomic E-state index is 0.0149. The van der Waals surface area contributed by atoms with Crippen LogP contribution < -0.4 is 10.1 Å². The van der Waals surface area contributed by atoms with E-state index in [0.717, 1.165) is 48.0 Å². The Bertz CT molecular complexity index is 2300. The van der Waals surface area contributed by atoms with E-state index in [4.69, 9.17) is 27.9 Å². The second-order valence-electron chi connectivity index (χ2n) is 18.0. The molecule has 3 aliphatic rings. The second kappa shape index (κ2) is 19.9. The number of rotatable bonds is 12. The third kappa shape index (κ3) is 10.9. The second-order valence-corrected chi connectivity index (χ2v) is 18.8. The lowest BCUT2D eigenvalue weighted by molar-refractivity contribution is -0.148. The minimum Gasteiger partial charge on any atom is -0.457 e. The summed E-state index contributed by atoms with van der Waals surface area (Å²) in [6.45, 7) is 1.84. The van der Waals surface area contributed by atoms with Gasteiger partial charge in [-0.15, -0.1) is 0 Å². The molecular weight excluding hydrogens is 846 g/mol. The molecule has 3 heterocycles. The fourth-order valence-electron chi connectivity index (χ4n) is 9.19. The van der Waals surface area contributed by atoms with Crippen molar-refractivity contribution in [3.8, 4) is 22.8 Å². The number of hydrogen-bond acceptors (Lipinski definition) is 8. The number of carbonyl (C=O) groups is 4. The van der Waals surface area contributed by atoms with Gasteiger partial charge in [0.1, 0.15) is 23.1 Å². The maximum atomic E-state index is 16.2. The number of imidazole rings is 1. The summed E-state index contributed by atoms with van der Waals surface area (Å²) in [5.74, 6) is -2.70. The number of aliphatic hydroxyl groups excluding tert-OH is 1. The first-order chi connectivity index (χ1) is 30.1. The standard InChI is InChI=1S/C48H57Cl2FN6O6/c1-30-42(59)20-35(28-58)46(61)53-48(24-32-9-13-36(49)14-10-32)17-6-18-56(29-48)47(62)34(19-31-7-5-8-31)21-45(60)57(30)26-39-40(51)22-37(50)23-43(39)63-38-15-11-33(12-16-38)41-25-52-44(55(41)4)27-54(2)3/h9-16,22-23,25,30-31,34-35,58H,5-8,17-21,24,26-29H2,1-4H3,(H,53,61)/t30-,34+,35-,48+/m0/s1. The number of nitrogens with one attached hydrogen (secondary N) is 1. The van der Waals surface area contributed by atoms with Crippen molar-refractivity contribution in [3.05, 3.63) is 99.7 Å². The summed E-state index contributed by atoms with van der Waals surface area (Å²) in [6, 6.07) is 16.0. The Labute approximate surface area is 378 Å². The summed E-state index contributed by atoms with van der Waals surface area (Å²) < 4.78 is 24.5. The van der Waals surface area contributed by atoms with Gasteiger partial charge in [-0.1, -0.05) is 54.6 Å². The van der Waals surface area contributed by atoms with Crippen LogP contribution >= 0.6 is 23.2 Å². The van der Waals surface area contributed by atoms with Gasteiger partial charge in [-0.2, -0.15) is 0 Å². The maximum absolute atomic E-state index is 16.2. The molecule has 3 amide bonds. The molecule has 336 valence electrons. The van der Waals surface area contributed by atoms with E-state index in [2.05, 4.69) is 10.3 Å². The molecule has 0 radical (unpaired) electrons. The van der Waals surface area contributed by atoms with Gasteiger partial charge in [-0.25, -0.2) is 9.37 Å². The van der Waals surface area contributed by atoms with Gasteiger partial charge in [-0.05, 0) is 107 Å². The highest BCUT2D eigenvalue weighted by molar-refractivity contribution is 6.31. The Balaban J connectivity index is 1.20. The molecule has 12 nitrogen and oxygen atoms in total. The van der Waals surface area contributed by atoms with Crippen LogP contribution in [0.2, 0.25) is 10.0 Å².